The highest BCUT2D eigenvalue weighted by Crippen LogP contribution is 2.23. The van der Waals surface area contributed by atoms with Crippen LogP contribution in [0.4, 0.5) is 10.1 Å². The van der Waals surface area contributed by atoms with Crippen molar-refractivity contribution in [3.8, 4) is 0 Å². The standard InChI is InChI=1S/C15H21FN2O/c1-10-3-2-4-14(6-5-10)18-15(19)11-7-12(16)9-13(17)8-11/h7-10,14H,2-6,17H2,1H3,(H,18,19). The van der Waals surface area contributed by atoms with Gasteiger partial charge >= 0.3 is 0 Å². The van der Waals surface area contributed by atoms with Gasteiger partial charge in [0.1, 0.15) is 5.82 Å². The first-order valence-corrected chi connectivity index (χ1v) is 6.91. The first-order valence-electron chi connectivity index (χ1n) is 6.91. The lowest BCUT2D eigenvalue weighted by atomic mass is 10.0. The number of carbonyl (C=O) groups excluding carboxylic acids is 1. The van der Waals surface area contributed by atoms with Crippen LogP contribution in [0.2, 0.25) is 0 Å². The zero-order chi connectivity index (χ0) is 13.8. The third-order valence-electron chi connectivity index (χ3n) is 3.77. The van der Waals surface area contributed by atoms with Crippen LogP contribution in [-0.2, 0) is 0 Å². The number of benzene rings is 1. The van der Waals surface area contributed by atoms with Crippen LogP contribution < -0.4 is 11.1 Å². The third kappa shape index (κ3) is 3.94. The number of nitrogen functional groups attached to an aromatic ring is 1. The summed E-state index contributed by atoms with van der Waals surface area (Å²) in [6.45, 7) is 2.25. The van der Waals surface area contributed by atoms with Gasteiger partial charge < -0.3 is 11.1 Å². The summed E-state index contributed by atoms with van der Waals surface area (Å²) in [6, 6.07) is 4.15. The minimum absolute atomic E-state index is 0.196. The SMILES string of the molecule is CC1CCCC(NC(=O)c2cc(N)cc(F)c2)CC1. The second-order valence-electron chi connectivity index (χ2n) is 5.56. The van der Waals surface area contributed by atoms with Crippen LogP contribution in [0, 0.1) is 11.7 Å². The van der Waals surface area contributed by atoms with Crippen LogP contribution in [0.25, 0.3) is 0 Å². The topological polar surface area (TPSA) is 55.1 Å². The Morgan fingerprint density at radius 1 is 1.26 bits per heavy atom. The summed E-state index contributed by atoms with van der Waals surface area (Å²) >= 11 is 0. The predicted molar refractivity (Wildman–Crippen MR) is 74.3 cm³/mol. The Morgan fingerprint density at radius 2 is 2.05 bits per heavy atom. The maximum Gasteiger partial charge on any atom is 0.251 e. The molecule has 3 nitrogen and oxygen atoms in total. The van der Waals surface area contributed by atoms with Gasteiger partial charge in [0, 0.05) is 17.3 Å². The maximum atomic E-state index is 13.2. The summed E-state index contributed by atoms with van der Waals surface area (Å²) in [4.78, 5) is 12.1. The highest BCUT2D eigenvalue weighted by Gasteiger charge is 2.18. The number of anilines is 1. The average Bonchev–Trinajstić information content (AvgIpc) is 2.53. The van der Waals surface area contributed by atoms with Crippen molar-refractivity contribution >= 4 is 11.6 Å². The normalized spacial score (nSPS) is 23.7. The van der Waals surface area contributed by atoms with Gasteiger partial charge in [-0.25, -0.2) is 4.39 Å². The molecule has 2 rings (SSSR count). The second-order valence-corrected chi connectivity index (χ2v) is 5.56. The van der Waals surface area contributed by atoms with Crippen molar-refractivity contribution < 1.29 is 9.18 Å². The molecule has 104 valence electrons. The van der Waals surface area contributed by atoms with E-state index in [2.05, 4.69) is 12.2 Å². The molecular formula is C15H21FN2O. The van der Waals surface area contributed by atoms with Crippen LogP contribution in [0.3, 0.4) is 0 Å². The van der Waals surface area contributed by atoms with Crippen LogP contribution in [-0.4, -0.2) is 11.9 Å². The van der Waals surface area contributed by atoms with Gasteiger partial charge in [-0.15, -0.1) is 0 Å². The fourth-order valence-electron chi connectivity index (χ4n) is 2.64. The van der Waals surface area contributed by atoms with E-state index in [1.807, 2.05) is 0 Å². The Bertz CT molecular complexity index is 441. The lowest BCUT2D eigenvalue weighted by Crippen LogP contribution is -2.34. The number of nitrogens with one attached hydrogen (secondary N) is 1. The van der Waals surface area contributed by atoms with Gasteiger partial charge in [0.2, 0.25) is 0 Å². The summed E-state index contributed by atoms with van der Waals surface area (Å²) < 4.78 is 13.2. The third-order valence-corrected chi connectivity index (χ3v) is 3.77. The van der Waals surface area contributed by atoms with E-state index in [1.165, 1.54) is 24.6 Å². The van der Waals surface area contributed by atoms with Gasteiger partial charge in [-0.1, -0.05) is 19.8 Å². The van der Waals surface area contributed by atoms with Crippen molar-refractivity contribution in [1.82, 2.24) is 5.32 Å². The molecule has 4 heteroatoms. The Balaban J connectivity index is 2.00. The van der Waals surface area contributed by atoms with Crippen LogP contribution in [0.5, 0.6) is 0 Å². The van der Waals surface area contributed by atoms with E-state index in [1.54, 1.807) is 0 Å². The number of hydrogen-bond donors (Lipinski definition) is 2. The molecule has 19 heavy (non-hydrogen) atoms. The summed E-state index contributed by atoms with van der Waals surface area (Å²) in [6.07, 6.45) is 5.49. The Kier molecular flexibility index (Phi) is 4.40. The van der Waals surface area contributed by atoms with E-state index in [-0.39, 0.29) is 17.6 Å². The molecule has 0 saturated heterocycles. The number of carbonyl (C=O) groups is 1. The predicted octanol–water partition coefficient (Wildman–Crippen LogP) is 3.11. The number of amides is 1. The zero-order valence-electron chi connectivity index (χ0n) is 11.3. The van der Waals surface area contributed by atoms with Gasteiger partial charge in [-0.3, -0.25) is 4.79 Å². The fraction of sp³-hybridized carbons (Fsp3) is 0.533. The molecule has 2 atom stereocenters. The number of hydrogen-bond acceptors (Lipinski definition) is 2. The minimum Gasteiger partial charge on any atom is -0.399 e. The van der Waals surface area contributed by atoms with Crippen molar-refractivity contribution in [2.24, 2.45) is 5.92 Å². The molecule has 1 saturated carbocycles. The van der Waals surface area contributed by atoms with Gasteiger partial charge in [-0.05, 0) is 43.4 Å². The van der Waals surface area contributed by atoms with E-state index >= 15 is 0 Å². The molecule has 1 aliphatic carbocycles. The maximum absolute atomic E-state index is 13.2. The van der Waals surface area contributed by atoms with Gasteiger partial charge in [0.05, 0.1) is 0 Å². The Morgan fingerprint density at radius 3 is 2.79 bits per heavy atom. The largest absolute Gasteiger partial charge is 0.399 e. The summed E-state index contributed by atoms with van der Waals surface area (Å²) in [7, 11) is 0. The first kappa shape index (κ1) is 13.8. The van der Waals surface area contributed by atoms with Crippen molar-refractivity contribution in [3.05, 3.63) is 29.6 Å². The molecule has 0 spiro atoms. The molecule has 0 aliphatic heterocycles. The summed E-state index contributed by atoms with van der Waals surface area (Å²) in [5.41, 5.74) is 6.13. The van der Waals surface area contributed by atoms with E-state index in [0.717, 1.165) is 31.6 Å². The number of halogens is 1. The van der Waals surface area contributed by atoms with Crippen molar-refractivity contribution in [1.29, 1.82) is 0 Å². The minimum atomic E-state index is -0.473. The molecule has 1 aromatic carbocycles. The van der Waals surface area contributed by atoms with Crippen molar-refractivity contribution in [2.75, 3.05) is 5.73 Å². The molecule has 0 aromatic heterocycles. The van der Waals surface area contributed by atoms with E-state index in [9.17, 15) is 9.18 Å². The molecule has 0 bridgehead atoms. The number of nitrogens with two attached hydrogens (primary N) is 1. The van der Waals surface area contributed by atoms with Gasteiger partial charge in [0.25, 0.3) is 5.91 Å². The van der Waals surface area contributed by atoms with Crippen molar-refractivity contribution in [3.63, 3.8) is 0 Å². The second kappa shape index (κ2) is 6.04. The molecular weight excluding hydrogens is 243 g/mol. The van der Waals surface area contributed by atoms with E-state index in [4.69, 9.17) is 5.73 Å². The highest BCUT2D eigenvalue weighted by atomic mass is 19.1. The monoisotopic (exact) mass is 264 g/mol. The highest BCUT2D eigenvalue weighted by molar-refractivity contribution is 5.95. The molecule has 2 unspecified atom stereocenters. The smallest absolute Gasteiger partial charge is 0.251 e. The van der Waals surface area contributed by atoms with Gasteiger partial charge in [0.15, 0.2) is 0 Å². The summed E-state index contributed by atoms with van der Waals surface area (Å²) in [5.74, 6) is 0.0251. The molecule has 1 fully saturated rings. The molecule has 1 amide bonds. The van der Waals surface area contributed by atoms with E-state index < -0.39 is 5.82 Å². The molecule has 0 heterocycles. The van der Waals surface area contributed by atoms with Crippen LogP contribution in [0.15, 0.2) is 18.2 Å². The van der Waals surface area contributed by atoms with Gasteiger partial charge in [-0.2, -0.15) is 0 Å². The quantitative estimate of drug-likeness (QED) is 0.637. The van der Waals surface area contributed by atoms with E-state index in [0.29, 0.717) is 5.56 Å². The lowest BCUT2D eigenvalue weighted by Gasteiger charge is -2.16. The zero-order valence-corrected chi connectivity index (χ0v) is 11.3. The average molecular weight is 264 g/mol. The number of rotatable bonds is 2. The molecule has 1 aromatic rings. The van der Waals surface area contributed by atoms with Crippen molar-refractivity contribution in [2.45, 2.75) is 45.1 Å². The Labute approximate surface area is 113 Å². The fourth-order valence-corrected chi connectivity index (χ4v) is 2.64. The van der Waals surface area contributed by atoms with Crippen LogP contribution in [0.1, 0.15) is 49.4 Å². The molecule has 3 N–H and O–H groups in total. The molecule has 1 aliphatic rings. The molecule has 0 radical (unpaired) electrons. The van der Waals surface area contributed by atoms with Crippen LogP contribution >= 0.6 is 0 Å². The Hall–Kier alpha value is -1.58. The summed E-state index contributed by atoms with van der Waals surface area (Å²) in [5, 5.41) is 2.99. The first-order chi connectivity index (χ1) is 9.04. The lowest BCUT2D eigenvalue weighted by molar-refractivity contribution is 0.0932.